The summed E-state index contributed by atoms with van der Waals surface area (Å²) in [4.78, 5) is 147. The zero-order chi connectivity index (χ0) is 78.3. The normalized spacial score (nSPS) is 11.6. The number of aliphatic hydroxyl groups excluding tert-OH is 1. The number of carbonyl (C=O) groups excluding carboxylic acids is 8. The van der Waals surface area contributed by atoms with Crippen LogP contribution in [-0.4, -0.2) is 180 Å². The van der Waals surface area contributed by atoms with Gasteiger partial charge in [0.15, 0.2) is 11.6 Å². The van der Waals surface area contributed by atoms with Crippen molar-refractivity contribution < 1.29 is 43.5 Å². The molecule has 0 atom stereocenters. The van der Waals surface area contributed by atoms with E-state index in [1.54, 1.807) is 67.8 Å². The van der Waals surface area contributed by atoms with Crippen LogP contribution in [0.25, 0.3) is 88.6 Å². The lowest BCUT2D eigenvalue weighted by Gasteiger charge is -2.27. The first kappa shape index (κ1) is 78.0. The number of anilines is 4. The number of H-pyrrole nitrogens is 5. The van der Waals surface area contributed by atoms with Gasteiger partial charge in [0.2, 0.25) is 23.8 Å². The van der Waals surface area contributed by atoms with Crippen molar-refractivity contribution in [2.75, 3.05) is 73.7 Å². The minimum absolute atomic E-state index is 0.00759. The number of imidazole rings is 4. The molecule has 0 unspecified atom stereocenters. The van der Waals surface area contributed by atoms with Crippen molar-refractivity contribution in [3.63, 3.8) is 0 Å². The maximum Gasteiger partial charge on any atom is 0.321 e. The Morgan fingerprint density at radius 3 is 1.11 bits per heavy atom. The van der Waals surface area contributed by atoms with Gasteiger partial charge in [-0.2, -0.15) is 5.10 Å². The van der Waals surface area contributed by atoms with Crippen LogP contribution in [0.15, 0.2) is 153 Å². The van der Waals surface area contributed by atoms with E-state index in [-0.39, 0.29) is 72.9 Å². The van der Waals surface area contributed by atoms with Gasteiger partial charge in [-0.1, -0.05) is 31.2 Å². The summed E-state index contributed by atoms with van der Waals surface area (Å²) in [6.45, 7) is 14.5. The summed E-state index contributed by atoms with van der Waals surface area (Å²) in [6.07, 6.45) is 17.4. The van der Waals surface area contributed by atoms with Gasteiger partial charge in [-0.15, -0.1) is 0 Å². The number of carbonyl (C=O) groups is 8. The maximum atomic E-state index is 13.3. The highest BCUT2D eigenvalue weighted by Crippen LogP contribution is 2.33. The number of likely N-dealkylation sites (tertiary alicyclic amines) is 1. The predicted octanol–water partition coefficient (Wildman–Crippen LogP) is 11.5. The fraction of sp³-hybridized carbons (Fsp3) is 0.244. The van der Waals surface area contributed by atoms with Crippen LogP contribution in [0.1, 0.15) is 113 Å². The molecule has 13 aromatic rings. The van der Waals surface area contributed by atoms with E-state index in [0.717, 1.165) is 82.6 Å². The van der Waals surface area contributed by atoms with Gasteiger partial charge in [0.25, 0.3) is 11.8 Å². The second kappa shape index (κ2) is 37.4. The molecule has 33 nitrogen and oxygen atoms in total. The molecule has 1 fully saturated rings. The Morgan fingerprint density at radius 1 is 0.423 bits per heavy atom. The third-order valence-electron chi connectivity index (χ3n) is 17.1. The number of ketones is 2. The third-order valence-corrected chi connectivity index (χ3v) is 17.1. The van der Waals surface area contributed by atoms with E-state index in [2.05, 4.69) is 118 Å². The van der Waals surface area contributed by atoms with Crippen molar-refractivity contribution in [2.24, 2.45) is 0 Å². The summed E-state index contributed by atoms with van der Waals surface area (Å²) >= 11 is 0. The van der Waals surface area contributed by atoms with E-state index in [0.29, 0.717) is 117 Å². The number of hydrogen-bond acceptors (Lipinski definition) is 18. The van der Waals surface area contributed by atoms with Crippen molar-refractivity contribution in [3.8, 4) is 44.5 Å². The summed E-state index contributed by atoms with van der Waals surface area (Å²) in [5.74, 6) is 0.586. The van der Waals surface area contributed by atoms with Crippen molar-refractivity contribution in [2.45, 2.75) is 73.6 Å². The molecule has 14 rings (SSSR count). The first-order valence-electron chi connectivity index (χ1n) is 36.1. The molecule has 1 aliphatic heterocycles. The molecule has 33 heteroatoms. The highest BCUT2D eigenvalue weighted by atomic mass is 16.3. The van der Waals surface area contributed by atoms with Gasteiger partial charge in [-0.05, 0) is 155 Å². The van der Waals surface area contributed by atoms with E-state index in [4.69, 9.17) is 5.11 Å². The number of pyridine rings is 4. The zero-order valence-corrected chi connectivity index (χ0v) is 61.8. The molecular formula is C78H84N24O9. The van der Waals surface area contributed by atoms with Gasteiger partial charge < -0.3 is 56.5 Å². The second-order valence-electron chi connectivity index (χ2n) is 25.2. The van der Waals surface area contributed by atoms with Gasteiger partial charge in [-0.3, -0.25) is 65.5 Å². The molecule has 1 aliphatic rings. The number of hydrogen-bond donors (Lipinski definition) is 15. The monoisotopic (exact) mass is 1500 g/mol. The second-order valence-corrected chi connectivity index (χ2v) is 25.2. The smallest absolute Gasteiger partial charge is 0.321 e. The lowest BCUT2D eigenvalue weighted by Crippen LogP contribution is -2.35. The minimum Gasteiger partial charge on any atom is -0.395 e. The Morgan fingerprint density at radius 2 is 0.775 bits per heavy atom. The number of nitrogens with zero attached hydrogens (tertiary/aromatic N) is 10. The molecule has 10 amide bonds. The Hall–Kier alpha value is -14.1. The number of urea groups is 4. The van der Waals surface area contributed by atoms with Crippen molar-refractivity contribution >= 4 is 115 Å². The van der Waals surface area contributed by atoms with Crippen LogP contribution >= 0.6 is 0 Å². The van der Waals surface area contributed by atoms with Crippen molar-refractivity contribution in [1.82, 2.24) is 101 Å². The number of aryl methyl sites for hydroxylation is 1. The molecule has 15 N–H and O–H groups in total. The fourth-order valence-corrected chi connectivity index (χ4v) is 12.1. The fourth-order valence-electron chi connectivity index (χ4n) is 12.1. The van der Waals surface area contributed by atoms with Gasteiger partial charge in [-0.25, -0.2) is 39.1 Å². The van der Waals surface area contributed by atoms with E-state index >= 15 is 0 Å². The Balaban J connectivity index is 0.000000147. The van der Waals surface area contributed by atoms with E-state index in [1.165, 1.54) is 0 Å². The molecule has 0 radical (unpaired) electrons. The Labute approximate surface area is 635 Å². The highest BCUT2D eigenvalue weighted by Gasteiger charge is 2.26. The summed E-state index contributed by atoms with van der Waals surface area (Å²) in [6, 6.07) is 30.2. The molecule has 9 aromatic heterocycles. The van der Waals surface area contributed by atoms with Crippen molar-refractivity contribution in [3.05, 3.63) is 186 Å². The van der Waals surface area contributed by atoms with Crippen molar-refractivity contribution in [1.29, 1.82) is 0 Å². The number of benzene rings is 4. The number of rotatable bonds is 21. The van der Waals surface area contributed by atoms with E-state index < -0.39 is 6.03 Å². The molecule has 0 saturated carbocycles. The highest BCUT2D eigenvalue weighted by molar-refractivity contribution is 6.11. The van der Waals surface area contributed by atoms with Gasteiger partial charge in [0.1, 0.15) is 22.1 Å². The first-order valence-corrected chi connectivity index (χ1v) is 36.1. The molecule has 570 valence electrons. The topological polar surface area (TPSA) is 463 Å². The Bertz CT molecular complexity index is 5440. The molecule has 4 aromatic carbocycles. The minimum atomic E-state index is -0.393. The number of aromatic amines is 5. The standard InChI is InChI=1S/C21H21N7O2.C21H24N6O2.C18H20N6O3.C18H19N5O2/c1-3-23-21(30)26-20-24-17-9-14(13-5-4-6-22-11-13)8-16(19(17)25-20)18(29)10-15-7-12(2)27-28-15;1-2-23-21(29)26-20-24-17-12-15(14-7-6-8-22-13-14)11-16(18(17)25-20)19(28)27-9-4-3-5-10-27;1-2-20-18(27)24-17-22-14-9-12(11-4-3-5-19-10-11)8-13(15(14)23-17)16(26)21-6-7-25;1-3-15(24)13-8-12(11-6-5-7-19-10-11)9-14-16(13)22-17(21-14)23-18(25)20-4-2/h4-9,11H,3,10H2,1-2H3,(H,27,28)(H3,23,24,25,26,30);6-8,11-13H,2-5,9-10H2,1H3,(H3,23,24,25,26,29);3-5,8-10,25H,2,6-7H2,1H3,(H,21,26)(H3,20,22,23,24,27);5-10H,3-4H2,1-2H3,(H3,20,21,22,23,25). The van der Waals surface area contributed by atoms with Gasteiger partial charge in [0.05, 0.1) is 51.9 Å². The SMILES string of the molecule is CCNC(=O)Nc1nc2c(C(=O)CC)cc(-c3cccnc3)cc2[nH]1.CCNC(=O)Nc1nc2c(C(=O)Cc3cc(C)[nH]n3)cc(-c3cccnc3)cc2[nH]1.CCNC(=O)Nc1nc2c(C(=O)N3CCCCC3)cc(-c3cccnc3)cc2[nH]1.CCNC(=O)Nc1nc2c(C(=O)NCCO)cc(-c3cccnc3)cc2[nH]1. The maximum absolute atomic E-state index is 13.3. The van der Waals surface area contributed by atoms with E-state index in [1.807, 2.05) is 131 Å². The van der Waals surface area contributed by atoms with Crippen LogP contribution in [0.4, 0.5) is 43.0 Å². The third kappa shape index (κ3) is 20.1. The quantitative estimate of drug-likeness (QED) is 0.0297. The first-order chi connectivity index (χ1) is 53.9. The number of nitrogens with one attached hydrogen (secondary N) is 14. The van der Waals surface area contributed by atoms with Crippen LogP contribution in [0.2, 0.25) is 0 Å². The van der Waals surface area contributed by atoms with E-state index in [9.17, 15) is 38.4 Å². The molecule has 10 heterocycles. The van der Waals surface area contributed by atoms with Crippen LogP contribution in [-0.2, 0) is 6.42 Å². The number of aliphatic hydroxyl groups is 1. The summed E-state index contributed by atoms with van der Waals surface area (Å²) in [7, 11) is 0. The number of Topliss-reactive ketones (excluding diaryl/α,β-unsaturated/α-hetero) is 2. The number of aromatic nitrogens is 14. The van der Waals surface area contributed by atoms with Gasteiger partial charge >= 0.3 is 24.1 Å². The van der Waals surface area contributed by atoms with Crippen LogP contribution in [0.3, 0.4) is 0 Å². The summed E-state index contributed by atoms with van der Waals surface area (Å²) < 4.78 is 0. The number of piperidine rings is 1. The molecule has 1 saturated heterocycles. The zero-order valence-electron chi connectivity index (χ0n) is 61.8. The molecule has 0 bridgehead atoms. The average molecular weight is 1500 g/mol. The Kier molecular flexibility index (Phi) is 26.3. The molecule has 0 spiro atoms. The number of fused-ring (bicyclic) bond motifs is 4. The molecular weight excluding hydrogens is 1420 g/mol. The van der Waals surface area contributed by atoms with Gasteiger partial charge in [0, 0.05) is 141 Å². The summed E-state index contributed by atoms with van der Waals surface area (Å²) in [5, 5.41) is 39.8. The predicted molar refractivity (Wildman–Crippen MR) is 423 cm³/mol. The lowest BCUT2D eigenvalue weighted by molar-refractivity contribution is 0.0725. The molecule has 0 aliphatic carbocycles. The molecule has 111 heavy (non-hydrogen) atoms. The van der Waals surface area contributed by atoms with Crippen LogP contribution in [0, 0.1) is 6.92 Å². The van der Waals surface area contributed by atoms with Crippen LogP contribution in [0.5, 0.6) is 0 Å². The van der Waals surface area contributed by atoms with Crippen LogP contribution < -0.4 is 47.9 Å². The average Bonchev–Trinajstić information content (AvgIpc) is 1.69. The summed E-state index contributed by atoms with van der Waals surface area (Å²) in [5.41, 5.74) is 14.9. The lowest BCUT2D eigenvalue weighted by atomic mass is 9.99. The largest absolute Gasteiger partial charge is 0.395 e. The number of amides is 10.